The zero-order chi connectivity index (χ0) is 20.1. The van der Waals surface area contributed by atoms with Gasteiger partial charge in [0.05, 0.1) is 11.0 Å². The highest BCUT2D eigenvalue weighted by atomic mass is 16.2. The Kier molecular flexibility index (Phi) is 6.03. The Morgan fingerprint density at radius 1 is 1.00 bits per heavy atom. The monoisotopic (exact) mass is 389 g/mol. The van der Waals surface area contributed by atoms with Crippen LogP contribution in [-0.4, -0.2) is 28.2 Å². The van der Waals surface area contributed by atoms with E-state index in [0.717, 1.165) is 48.1 Å². The van der Waals surface area contributed by atoms with Crippen LogP contribution in [0.2, 0.25) is 0 Å². The number of rotatable bonds is 8. The Labute approximate surface area is 170 Å². The van der Waals surface area contributed by atoms with Crippen molar-refractivity contribution < 1.29 is 9.59 Å². The molecule has 0 saturated carbocycles. The third kappa shape index (κ3) is 4.91. The second-order valence-corrected chi connectivity index (χ2v) is 7.77. The first-order valence-electron chi connectivity index (χ1n) is 10.5. The van der Waals surface area contributed by atoms with Gasteiger partial charge in [0.1, 0.15) is 5.82 Å². The number of hydrogen-bond acceptors (Lipinski definition) is 3. The lowest BCUT2D eigenvalue weighted by Gasteiger charge is -2.16. The van der Waals surface area contributed by atoms with Crippen molar-refractivity contribution in [3.8, 4) is 0 Å². The molecule has 1 amide bonds. The fraction of sp³-hybridized carbons (Fsp3) is 0.375. The summed E-state index contributed by atoms with van der Waals surface area (Å²) in [6, 6.07) is 14.0. The van der Waals surface area contributed by atoms with E-state index in [4.69, 9.17) is 0 Å². The summed E-state index contributed by atoms with van der Waals surface area (Å²) in [5.41, 5.74) is 5.41. The molecule has 2 N–H and O–H groups in total. The molecular formula is C24H27N3O2. The van der Waals surface area contributed by atoms with Crippen LogP contribution in [0.15, 0.2) is 42.5 Å². The fourth-order valence-corrected chi connectivity index (χ4v) is 3.97. The van der Waals surface area contributed by atoms with Crippen LogP contribution in [0, 0.1) is 0 Å². The van der Waals surface area contributed by atoms with Gasteiger partial charge in [0.2, 0.25) is 5.91 Å². The molecule has 1 heterocycles. The molecular weight excluding hydrogens is 362 g/mol. The molecule has 4 rings (SSSR count). The maximum atomic E-state index is 12.4. The number of amides is 1. The molecule has 0 saturated heterocycles. The highest BCUT2D eigenvalue weighted by Crippen LogP contribution is 2.23. The highest BCUT2D eigenvalue weighted by molar-refractivity contribution is 5.98. The standard InChI is InChI=1S/C24H27N3O2/c28-22(19-12-11-17-6-1-2-7-18(17)16-19)13-14-24(29)25-15-5-10-23-26-20-8-3-4-9-21(20)27-23/h3-4,8-9,11-12,16H,1-2,5-7,10,13-15H2,(H,25,29)(H,26,27). The summed E-state index contributed by atoms with van der Waals surface area (Å²) in [5.74, 6) is 0.916. The predicted molar refractivity (Wildman–Crippen MR) is 114 cm³/mol. The number of nitrogens with zero attached hydrogens (tertiary/aromatic N) is 1. The Bertz CT molecular complexity index is 989. The van der Waals surface area contributed by atoms with Crippen molar-refractivity contribution in [1.82, 2.24) is 15.3 Å². The average molecular weight is 389 g/mol. The summed E-state index contributed by atoms with van der Waals surface area (Å²) in [7, 11) is 0. The first-order valence-corrected chi connectivity index (χ1v) is 10.5. The lowest BCUT2D eigenvalue weighted by Crippen LogP contribution is -2.25. The van der Waals surface area contributed by atoms with E-state index >= 15 is 0 Å². The molecule has 0 unspecified atom stereocenters. The number of hydrogen-bond donors (Lipinski definition) is 2. The van der Waals surface area contributed by atoms with Gasteiger partial charge in [0, 0.05) is 31.4 Å². The first kappa shape index (κ1) is 19.4. The Morgan fingerprint density at radius 3 is 2.69 bits per heavy atom. The van der Waals surface area contributed by atoms with Crippen LogP contribution in [0.3, 0.4) is 0 Å². The summed E-state index contributed by atoms with van der Waals surface area (Å²) in [4.78, 5) is 32.4. The number of benzene rings is 2. The van der Waals surface area contributed by atoms with Gasteiger partial charge < -0.3 is 10.3 Å². The number of ketones is 1. The number of carbonyl (C=O) groups is 2. The minimum Gasteiger partial charge on any atom is -0.356 e. The summed E-state index contributed by atoms with van der Waals surface area (Å²) < 4.78 is 0. The zero-order valence-corrected chi connectivity index (χ0v) is 16.7. The molecule has 150 valence electrons. The lowest BCUT2D eigenvalue weighted by atomic mass is 9.89. The molecule has 0 spiro atoms. The second-order valence-electron chi connectivity index (χ2n) is 7.77. The summed E-state index contributed by atoms with van der Waals surface area (Å²) in [5, 5.41) is 2.91. The van der Waals surface area contributed by atoms with Crippen molar-refractivity contribution in [3.05, 3.63) is 65.0 Å². The van der Waals surface area contributed by atoms with Gasteiger partial charge in [-0.1, -0.05) is 24.3 Å². The molecule has 5 nitrogen and oxygen atoms in total. The van der Waals surface area contributed by atoms with Crippen LogP contribution in [0.5, 0.6) is 0 Å². The van der Waals surface area contributed by atoms with Crippen molar-refractivity contribution in [2.24, 2.45) is 0 Å². The van der Waals surface area contributed by atoms with Crippen molar-refractivity contribution in [3.63, 3.8) is 0 Å². The van der Waals surface area contributed by atoms with Crippen LogP contribution in [0.1, 0.15) is 59.4 Å². The molecule has 2 aromatic carbocycles. The van der Waals surface area contributed by atoms with Gasteiger partial charge in [0.25, 0.3) is 0 Å². The van der Waals surface area contributed by atoms with E-state index in [0.29, 0.717) is 6.54 Å². The zero-order valence-electron chi connectivity index (χ0n) is 16.7. The van der Waals surface area contributed by atoms with Crippen molar-refractivity contribution >= 4 is 22.7 Å². The van der Waals surface area contributed by atoms with Crippen molar-refractivity contribution in [1.29, 1.82) is 0 Å². The molecule has 0 bridgehead atoms. The van der Waals surface area contributed by atoms with Crippen LogP contribution >= 0.6 is 0 Å². The van der Waals surface area contributed by atoms with E-state index in [2.05, 4.69) is 21.4 Å². The number of H-pyrrole nitrogens is 1. The molecule has 0 radical (unpaired) electrons. The van der Waals surface area contributed by atoms with E-state index < -0.39 is 0 Å². The number of Topliss-reactive ketones (excluding diaryl/α,β-unsaturated/α-hetero) is 1. The normalized spacial score (nSPS) is 13.2. The Hall–Kier alpha value is -2.95. The molecule has 1 aromatic heterocycles. The maximum Gasteiger partial charge on any atom is 0.220 e. The lowest BCUT2D eigenvalue weighted by molar-refractivity contribution is -0.121. The van der Waals surface area contributed by atoms with Crippen LogP contribution in [-0.2, 0) is 24.1 Å². The molecule has 0 atom stereocenters. The van der Waals surface area contributed by atoms with Crippen LogP contribution in [0.25, 0.3) is 11.0 Å². The van der Waals surface area contributed by atoms with E-state index in [1.807, 2.05) is 36.4 Å². The van der Waals surface area contributed by atoms with E-state index in [9.17, 15) is 9.59 Å². The van der Waals surface area contributed by atoms with Gasteiger partial charge in [-0.25, -0.2) is 4.98 Å². The number of fused-ring (bicyclic) bond motifs is 2. The molecule has 0 fully saturated rings. The molecule has 5 heteroatoms. The largest absolute Gasteiger partial charge is 0.356 e. The number of para-hydroxylation sites is 2. The minimum absolute atomic E-state index is 0.0517. The number of aryl methyl sites for hydroxylation is 3. The summed E-state index contributed by atoms with van der Waals surface area (Å²) >= 11 is 0. The van der Waals surface area contributed by atoms with Gasteiger partial charge in [-0.2, -0.15) is 0 Å². The number of imidazole rings is 1. The molecule has 1 aliphatic carbocycles. The van der Waals surface area contributed by atoms with Gasteiger partial charge in [0.15, 0.2) is 5.78 Å². The molecule has 3 aromatic rings. The van der Waals surface area contributed by atoms with Crippen molar-refractivity contribution in [2.45, 2.75) is 51.4 Å². The highest BCUT2D eigenvalue weighted by Gasteiger charge is 2.14. The quantitative estimate of drug-likeness (QED) is 0.449. The Morgan fingerprint density at radius 2 is 1.83 bits per heavy atom. The number of aromatic nitrogens is 2. The minimum atomic E-state index is -0.0686. The average Bonchev–Trinajstić information content (AvgIpc) is 3.17. The van der Waals surface area contributed by atoms with E-state index in [1.165, 1.54) is 24.0 Å². The molecule has 29 heavy (non-hydrogen) atoms. The third-order valence-corrected chi connectivity index (χ3v) is 5.60. The molecule has 1 aliphatic rings. The van der Waals surface area contributed by atoms with E-state index in [1.54, 1.807) is 0 Å². The predicted octanol–water partition coefficient (Wildman–Crippen LogP) is 4.15. The summed E-state index contributed by atoms with van der Waals surface area (Å²) in [6.07, 6.45) is 6.68. The van der Waals surface area contributed by atoms with Gasteiger partial charge >= 0.3 is 0 Å². The molecule has 0 aliphatic heterocycles. The van der Waals surface area contributed by atoms with Crippen LogP contribution < -0.4 is 5.32 Å². The third-order valence-electron chi connectivity index (χ3n) is 5.60. The first-order chi connectivity index (χ1) is 14.2. The SMILES string of the molecule is O=C(CCC(=O)c1ccc2c(c1)CCCC2)NCCCc1nc2ccccc2[nH]1. The van der Waals surface area contributed by atoms with Gasteiger partial charge in [-0.3, -0.25) is 9.59 Å². The van der Waals surface area contributed by atoms with E-state index in [-0.39, 0.29) is 24.5 Å². The second kappa shape index (κ2) is 9.03. The topological polar surface area (TPSA) is 74.8 Å². The van der Waals surface area contributed by atoms with Gasteiger partial charge in [-0.15, -0.1) is 0 Å². The van der Waals surface area contributed by atoms with Crippen molar-refractivity contribution in [2.75, 3.05) is 6.54 Å². The summed E-state index contributed by atoms with van der Waals surface area (Å²) in [6.45, 7) is 0.586. The smallest absolute Gasteiger partial charge is 0.220 e. The maximum absolute atomic E-state index is 12.4. The number of aromatic amines is 1. The fourth-order valence-electron chi connectivity index (χ4n) is 3.97. The van der Waals surface area contributed by atoms with Gasteiger partial charge in [-0.05, 0) is 61.4 Å². The Balaban J connectivity index is 1.18. The number of carbonyl (C=O) groups excluding carboxylic acids is 2. The number of nitrogens with one attached hydrogen (secondary N) is 2. The van der Waals surface area contributed by atoms with Crippen LogP contribution in [0.4, 0.5) is 0 Å².